The molecule has 0 spiro atoms. The number of ether oxygens (including phenoxy) is 2. The summed E-state index contributed by atoms with van der Waals surface area (Å²) in [5.74, 6) is 1.77. The van der Waals surface area contributed by atoms with Gasteiger partial charge in [-0.25, -0.2) is 0 Å². The van der Waals surface area contributed by atoms with Crippen molar-refractivity contribution in [2.45, 2.75) is 19.0 Å². The van der Waals surface area contributed by atoms with E-state index in [-0.39, 0.29) is 6.61 Å². The van der Waals surface area contributed by atoms with Crippen molar-refractivity contribution in [3.63, 3.8) is 0 Å². The van der Waals surface area contributed by atoms with Crippen molar-refractivity contribution >= 4 is 6.08 Å². The third-order valence-electron chi connectivity index (χ3n) is 5.46. The Bertz CT molecular complexity index is 776. The molecule has 0 aromatic heterocycles. The molecule has 0 saturated carbocycles. The number of aliphatic hydroxyl groups is 1. The highest BCUT2D eigenvalue weighted by molar-refractivity contribution is 5.50. The van der Waals surface area contributed by atoms with Gasteiger partial charge >= 0.3 is 0 Å². The SMILES string of the molecule is COc1ccc(C=CCN2CCN(Cc3cccc(OC)c3)C(CCO)C2)cc1. The topological polar surface area (TPSA) is 45.2 Å². The molecule has 156 valence electrons. The van der Waals surface area contributed by atoms with Gasteiger partial charge in [0.05, 0.1) is 14.2 Å². The first-order valence-electron chi connectivity index (χ1n) is 10.2. The third kappa shape index (κ3) is 6.32. The van der Waals surface area contributed by atoms with E-state index in [0.717, 1.165) is 50.6 Å². The summed E-state index contributed by atoms with van der Waals surface area (Å²) in [6.45, 7) is 5.02. The molecule has 2 aromatic carbocycles. The fourth-order valence-electron chi connectivity index (χ4n) is 3.81. The molecule has 0 bridgehead atoms. The van der Waals surface area contributed by atoms with Crippen LogP contribution in [0, 0.1) is 0 Å². The molecular formula is C24H32N2O3. The van der Waals surface area contributed by atoms with Gasteiger partial charge in [-0.05, 0) is 41.8 Å². The van der Waals surface area contributed by atoms with E-state index in [1.807, 2.05) is 24.3 Å². The predicted molar refractivity (Wildman–Crippen MR) is 117 cm³/mol. The first-order valence-corrected chi connectivity index (χ1v) is 10.2. The Labute approximate surface area is 174 Å². The van der Waals surface area contributed by atoms with E-state index >= 15 is 0 Å². The summed E-state index contributed by atoms with van der Waals surface area (Å²) in [4.78, 5) is 4.94. The first-order chi connectivity index (χ1) is 14.2. The predicted octanol–water partition coefficient (Wildman–Crippen LogP) is 3.29. The van der Waals surface area contributed by atoms with Crippen LogP contribution in [0.3, 0.4) is 0 Å². The molecule has 1 N–H and O–H groups in total. The second-order valence-corrected chi connectivity index (χ2v) is 7.42. The van der Waals surface area contributed by atoms with E-state index in [9.17, 15) is 5.11 Å². The highest BCUT2D eigenvalue weighted by Crippen LogP contribution is 2.20. The number of benzene rings is 2. The van der Waals surface area contributed by atoms with Crippen LogP contribution in [0.2, 0.25) is 0 Å². The van der Waals surface area contributed by atoms with Gasteiger partial charge in [-0.3, -0.25) is 9.80 Å². The van der Waals surface area contributed by atoms with Crippen molar-refractivity contribution in [2.75, 3.05) is 47.0 Å². The highest BCUT2D eigenvalue weighted by Gasteiger charge is 2.26. The molecule has 0 aliphatic carbocycles. The summed E-state index contributed by atoms with van der Waals surface area (Å²) < 4.78 is 10.6. The van der Waals surface area contributed by atoms with Gasteiger partial charge in [0.2, 0.25) is 0 Å². The van der Waals surface area contributed by atoms with Crippen LogP contribution in [-0.2, 0) is 6.54 Å². The molecular weight excluding hydrogens is 364 g/mol. The van der Waals surface area contributed by atoms with Crippen LogP contribution in [0.1, 0.15) is 17.5 Å². The number of hydrogen-bond donors (Lipinski definition) is 1. The number of piperazine rings is 1. The molecule has 1 fully saturated rings. The molecule has 1 aliphatic heterocycles. The van der Waals surface area contributed by atoms with E-state index in [0.29, 0.717) is 6.04 Å². The monoisotopic (exact) mass is 396 g/mol. The van der Waals surface area contributed by atoms with Crippen LogP contribution in [0.4, 0.5) is 0 Å². The minimum Gasteiger partial charge on any atom is -0.497 e. The van der Waals surface area contributed by atoms with Crippen molar-refractivity contribution in [1.82, 2.24) is 9.80 Å². The zero-order chi connectivity index (χ0) is 20.5. The van der Waals surface area contributed by atoms with Crippen LogP contribution in [-0.4, -0.2) is 68.0 Å². The van der Waals surface area contributed by atoms with Crippen molar-refractivity contribution in [3.05, 3.63) is 65.7 Å². The second kappa shape index (κ2) is 11.0. The lowest BCUT2D eigenvalue weighted by Gasteiger charge is -2.41. The molecule has 5 heteroatoms. The number of nitrogens with zero attached hydrogens (tertiary/aromatic N) is 2. The maximum absolute atomic E-state index is 9.55. The normalized spacial score (nSPS) is 18.2. The maximum atomic E-state index is 9.55. The Morgan fingerprint density at radius 1 is 1.03 bits per heavy atom. The van der Waals surface area contributed by atoms with E-state index < -0.39 is 0 Å². The Kier molecular flexibility index (Phi) is 8.11. The Morgan fingerprint density at radius 3 is 2.55 bits per heavy atom. The molecule has 29 heavy (non-hydrogen) atoms. The maximum Gasteiger partial charge on any atom is 0.119 e. The molecule has 0 radical (unpaired) electrons. The molecule has 3 rings (SSSR count). The molecule has 1 heterocycles. The molecule has 1 atom stereocenters. The van der Waals surface area contributed by atoms with Gasteiger partial charge in [0.1, 0.15) is 11.5 Å². The highest BCUT2D eigenvalue weighted by atomic mass is 16.5. The number of aliphatic hydroxyl groups excluding tert-OH is 1. The Hall–Kier alpha value is -2.34. The summed E-state index contributed by atoms with van der Waals surface area (Å²) in [7, 11) is 3.38. The summed E-state index contributed by atoms with van der Waals surface area (Å²) >= 11 is 0. The molecule has 0 amide bonds. The Balaban J connectivity index is 1.55. The molecule has 5 nitrogen and oxygen atoms in total. The summed E-state index contributed by atoms with van der Waals surface area (Å²) in [5.41, 5.74) is 2.43. The molecule has 2 aromatic rings. The zero-order valence-electron chi connectivity index (χ0n) is 17.5. The summed E-state index contributed by atoms with van der Waals surface area (Å²) in [6.07, 6.45) is 5.17. The van der Waals surface area contributed by atoms with Crippen LogP contribution in [0.25, 0.3) is 6.08 Å². The van der Waals surface area contributed by atoms with Crippen LogP contribution in [0.5, 0.6) is 11.5 Å². The largest absolute Gasteiger partial charge is 0.497 e. The van der Waals surface area contributed by atoms with Gasteiger partial charge in [0, 0.05) is 45.4 Å². The van der Waals surface area contributed by atoms with E-state index in [2.05, 4.69) is 46.2 Å². The number of hydrogen-bond acceptors (Lipinski definition) is 5. The van der Waals surface area contributed by atoms with Gasteiger partial charge in [0.25, 0.3) is 0 Å². The van der Waals surface area contributed by atoms with Gasteiger partial charge in [0.15, 0.2) is 0 Å². The van der Waals surface area contributed by atoms with Crippen molar-refractivity contribution < 1.29 is 14.6 Å². The van der Waals surface area contributed by atoms with Crippen molar-refractivity contribution in [2.24, 2.45) is 0 Å². The third-order valence-corrected chi connectivity index (χ3v) is 5.46. The molecule has 1 saturated heterocycles. The Morgan fingerprint density at radius 2 is 1.83 bits per heavy atom. The van der Waals surface area contributed by atoms with Crippen molar-refractivity contribution in [3.8, 4) is 11.5 Å². The van der Waals surface area contributed by atoms with Crippen LogP contribution >= 0.6 is 0 Å². The lowest BCUT2D eigenvalue weighted by atomic mass is 10.1. The average molecular weight is 397 g/mol. The van der Waals surface area contributed by atoms with Gasteiger partial charge in [-0.15, -0.1) is 0 Å². The minimum atomic E-state index is 0.217. The van der Waals surface area contributed by atoms with E-state index in [1.54, 1.807) is 14.2 Å². The summed E-state index contributed by atoms with van der Waals surface area (Å²) in [6, 6.07) is 16.7. The quantitative estimate of drug-likeness (QED) is 0.705. The van der Waals surface area contributed by atoms with Crippen LogP contribution in [0.15, 0.2) is 54.6 Å². The smallest absolute Gasteiger partial charge is 0.119 e. The average Bonchev–Trinajstić information content (AvgIpc) is 2.76. The molecule has 1 unspecified atom stereocenters. The van der Waals surface area contributed by atoms with Crippen molar-refractivity contribution in [1.29, 1.82) is 0 Å². The van der Waals surface area contributed by atoms with Gasteiger partial charge < -0.3 is 14.6 Å². The lowest BCUT2D eigenvalue weighted by molar-refractivity contribution is 0.0596. The molecule has 1 aliphatic rings. The first kappa shape index (κ1) is 21.4. The minimum absolute atomic E-state index is 0.217. The second-order valence-electron chi connectivity index (χ2n) is 7.42. The van der Waals surface area contributed by atoms with E-state index in [1.165, 1.54) is 11.1 Å². The fourth-order valence-corrected chi connectivity index (χ4v) is 3.81. The van der Waals surface area contributed by atoms with Gasteiger partial charge in [-0.2, -0.15) is 0 Å². The lowest BCUT2D eigenvalue weighted by Crippen LogP contribution is -2.52. The summed E-state index contributed by atoms with van der Waals surface area (Å²) in [5, 5.41) is 9.55. The van der Waals surface area contributed by atoms with Gasteiger partial charge in [-0.1, -0.05) is 36.4 Å². The van der Waals surface area contributed by atoms with E-state index in [4.69, 9.17) is 9.47 Å². The fraction of sp³-hybridized carbons (Fsp3) is 0.417. The standard InChI is InChI=1S/C24H32N2O3/c1-28-23-10-8-20(9-11-23)6-4-13-25-14-15-26(22(19-25)12-16-27)18-21-5-3-7-24(17-21)29-2/h3-11,17,22,27H,12-16,18-19H2,1-2H3. The zero-order valence-corrected chi connectivity index (χ0v) is 17.5. The van der Waals surface area contributed by atoms with Crippen LogP contribution < -0.4 is 9.47 Å². The number of methoxy groups -OCH3 is 2. The number of rotatable bonds is 9.